The Morgan fingerprint density at radius 2 is 1.88 bits per heavy atom. The van der Waals surface area contributed by atoms with Crippen LogP contribution in [-0.2, 0) is 0 Å². The first kappa shape index (κ1) is 10.0. The van der Waals surface area contributed by atoms with Crippen molar-refractivity contribution in [3.8, 4) is 5.75 Å². The SMILES string of the molecule is c1ccc2c(c1)NCC1(CCCCC1)CO2. The standard InChI is InChI=1S/C14H19NO/c1-4-8-14(9-5-1)10-15-12-6-2-3-7-13(12)16-11-14/h2-3,6-7,15H,1,4-5,8-11H2. The molecule has 2 heteroatoms. The first-order valence-electron chi connectivity index (χ1n) is 6.34. The minimum Gasteiger partial charge on any atom is -0.491 e. The summed E-state index contributed by atoms with van der Waals surface area (Å²) in [7, 11) is 0. The lowest BCUT2D eigenvalue weighted by Gasteiger charge is -2.35. The van der Waals surface area contributed by atoms with Crippen molar-refractivity contribution < 1.29 is 4.74 Å². The van der Waals surface area contributed by atoms with Crippen molar-refractivity contribution in [2.24, 2.45) is 5.41 Å². The molecule has 2 aliphatic rings. The van der Waals surface area contributed by atoms with E-state index in [2.05, 4.69) is 23.5 Å². The van der Waals surface area contributed by atoms with Crippen LogP contribution < -0.4 is 10.1 Å². The predicted molar refractivity (Wildman–Crippen MR) is 65.9 cm³/mol. The van der Waals surface area contributed by atoms with E-state index in [4.69, 9.17) is 4.74 Å². The van der Waals surface area contributed by atoms with E-state index in [1.54, 1.807) is 0 Å². The molecule has 0 atom stereocenters. The molecule has 0 unspecified atom stereocenters. The number of anilines is 1. The largest absolute Gasteiger partial charge is 0.491 e. The molecule has 0 aromatic heterocycles. The van der Waals surface area contributed by atoms with Crippen LogP contribution in [0.4, 0.5) is 5.69 Å². The maximum atomic E-state index is 5.98. The smallest absolute Gasteiger partial charge is 0.142 e. The Balaban J connectivity index is 1.81. The summed E-state index contributed by atoms with van der Waals surface area (Å²) in [4.78, 5) is 0. The molecule has 0 amide bonds. The van der Waals surface area contributed by atoms with Gasteiger partial charge in [0.1, 0.15) is 5.75 Å². The number of nitrogens with one attached hydrogen (secondary N) is 1. The van der Waals surface area contributed by atoms with Crippen LogP contribution in [0.1, 0.15) is 32.1 Å². The van der Waals surface area contributed by atoms with Crippen LogP contribution in [0.3, 0.4) is 0 Å². The summed E-state index contributed by atoms with van der Waals surface area (Å²) in [6, 6.07) is 8.27. The topological polar surface area (TPSA) is 21.3 Å². The summed E-state index contributed by atoms with van der Waals surface area (Å²) < 4.78 is 5.98. The number of para-hydroxylation sites is 2. The third-order valence-corrected chi connectivity index (χ3v) is 3.99. The Morgan fingerprint density at radius 1 is 1.06 bits per heavy atom. The number of rotatable bonds is 0. The van der Waals surface area contributed by atoms with E-state index in [0.29, 0.717) is 5.41 Å². The Morgan fingerprint density at radius 3 is 2.75 bits per heavy atom. The zero-order chi connectivity index (χ0) is 10.8. The van der Waals surface area contributed by atoms with E-state index in [1.165, 1.54) is 32.1 Å². The Kier molecular flexibility index (Phi) is 2.50. The van der Waals surface area contributed by atoms with E-state index < -0.39 is 0 Å². The van der Waals surface area contributed by atoms with Crippen LogP contribution >= 0.6 is 0 Å². The molecule has 1 heterocycles. The highest BCUT2D eigenvalue weighted by Gasteiger charge is 2.34. The van der Waals surface area contributed by atoms with Gasteiger partial charge in [0.25, 0.3) is 0 Å². The highest BCUT2D eigenvalue weighted by molar-refractivity contribution is 5.56. The van der Waals surface area contributed by atoms with Crippen LogP contribution in [0.15, 0.2) is 24.3 Å². The summed E-state index contributed by atoms with van der Waals surface area (Å²) in [5.41, 5.74) is 1.54. The van der Waals surface area contributed by atoms with Crippen molar-refractivity contribution in [3.05, 3.63) is 24.3 Å². The highest BCUT2D eigenvalue weighted by atomic mass is 16.5. The maximum Gasteiger partial charge on any atom is 0.142 e. The second kappa shape index (κ2) is 4.00. The Bertz CT molecular complexity index is 340. The molecule has 1 aromatic carbocycles. The van der Waals surface area contributed by atoms with Crippen LogP contribution in [0, 0.1) is 5.41 Å². The van der Waals surface area contributed by atoms with Gasteiger partial charge in [-0.1, -0.05) is 31.4 Å². The van der Waals surface area contributed by atoms with E-state index in [9.17, 15) is 0 Å². The zero-order valence-corrected chi connectivity index (χ0v) is 9.67. The van der Waals surface area contributed by atoms with Gasteiger partial charge in [-0.3, -0.25) is 0 Å². The number of ether oxygens (including phenoxy) is 1. The monoisotopic (exact) mass is 217 g/mol. The quantitative estimate of drug-likeness (QED) is 0.718. The molecule has 2 nitrogen and oxygen atoms in total. The van der Waals surface area contributed by atoms with Crippen molar-refractivity contribution in [2.75, 3.05) is 18.5 Å². The maximum absolute atomic E-state index is 5.98. The van der Waals surface area contributed by atoms with Crippen LogP contribution in [0.25, 0.3) is 0 Å². The van der Waals surface area contributed by atoms with Crippen molar-refractivity contribution >= 4 is 5.69 Å². The molecule has 1 saturated carbocycles. The van der Waals surface area contributed by atoms with Crippen LogP contribution in [-0.4, -0.2) is 13.2 Å². The molecular formula is C14H19NO. The third-order valence-electron chi connectivity index (χ3n) is 3.99. The average Bonchev–Trinajstić information content (AvgIpc) is 2.52. The van der Waals surface area contributed by atoms with Crippen molar-refractivity contribution in [1.29, 1.82) is 0 Å². The van der Waals surface area contributed by atoms with Gasteiger partial charge in [0.05, 0.1) is 12.3 Å². The van der Waals surface area contributed by atoms with Gasteiger partial charge in [-0.05, 0) is 25.0 Å². The lowest BCUT2D eigenvalue weighted by Crippen LogP contribution is -2.36. The van der Waals surface area contributed by atoms with Gasteiger partial charge in [-0.15, -0.1) is 0 Å². The molecule has 0 radical (unpaired) electrons. The summed E-state index contributed by atoms with van der Waals surface area (Å²) in [5.74, 6) is 1.02. The predicted octanol–water partition coefficient (Wildman–Crippen LogP) is 3.44. The number of fused-ring (bicyclic) bond motifs is 1. The molecule has 0 bridgehead atoms. The first-order valence-corrected chi connectivity index (χ1v) is 6.34. The summed E-state index contributed by atoms with van der Waals surface area (Å²) >= 11 is 0. The van der Waals surface area contributed by atoms with Gasteiger partial charge < -0.3 is 10.1 Å². The van der Waals surface area contributed by atoms with Gasteiger partial charge in [0.15, 0.2) is 0 Å². The molecule has 1 aliphatic carbocycles. The van der Waals surface area contributed by atoms with Crippen LogP contribution in [0.2, 0.25) is 0 Å². The normalized spacial score (nSPS) is 22.8. The van der Waals surface area contributed by atoms with E-state index in [1.807, 2.05) is 6.07 Å². The van der Waals surface area contributed by atoms with Crippen molar-refractivity contribution in [1.82, 2.24) is 0 Å². The molecule has 1 fully saturated rings. The average molecular weight is 217 g/mol. The number of hydrogen-bond acceptors (Lipinski definition) is 2. The van der Waals surface area contributed by atoms with Gasteiger partial charge in [0.2, 0.25) is 0 Å². The summed E-state index contributed by atoms with van der Waals surface area (Å²) in [5, 5.41) is 3.56. The fraction of sp³-hybridized carbons (Fsp3) is 0.571. The third kappa shape index (κ3) is 1.77. The van der Waals surface area contributed by atoms with Crippen LogP contribution in [0.5, 0.6) is 5.75 Å². The molecule has 1 aromatic rings. The molecule has 3 rings (SSSR count). The lowest BCUT2D eigenvalue weighted by molar-refractivity contribution is 0.115. The van der Waals surface area contributed by atoms with Gasteiger partial charge in [-0.2, -0.15) is 0 Å². The van der Waals surface area contributed by atoms with Gasteiger partial charge in [-0.25, -0.2) is 0 Å². The minimum atomic E-state index is 0.386. The molecule has 1 aliphatic heterocycles. The second-order valence-electron chi connectivity index (χ2n) is 5.20. The first-order chi connectivity index (χ1) is 7.88. The van der Waals surface area contributed by atoms with E-state index >= 15 is 0 Å². The van der Waals surface area contributed by atoms with Gasteiger partial charge >= 0.3 is 0 Å². The second-order valence-corrected chi connectivity index (χ2v) is 5.20. The zero-order valence-electron chi connectivity index (χ0n) is 9.67. The number of hydrogen-bond donors (Lipinski definition) is 1. The van der Waals surface area contributed by atoms with E-state index in [0.717, 1.165) is 24.6 Å². The molecule has 86 valence electrons. The van der Waals surface area contributed by atoms with Crippen molar-refractivity contribution in [2.45, 2.75) is 32.1 Å². The Hall–Kier alpha value is -1.18. The minimum absolute atomic E-state index is 0.386. The van der Waals surface area contributed by atoms with Crippen molar-refractivity contribution in [3.63, 3.8) is 0 Å². The molecule has 0 saturated heterocycles. The molecule has 16 heavy (non-hydrogen) atoms. The summed E-state index contributed by atoms with van der Waals surface area (Å²) in [6.45, 7) is 1.96. The van der Waals surface area contributed by atoms with Gasteiger partial charge in [0, 0.05) is 12.0 Å². The van der Waals surface area contributed by atoms with E-state index in [-0.39, 0.29) is 0 Å². The highest BCUT2D eigenvalue weighted by Crippen LogP contribution is 2.40. The Labute approximate surface area is 97.0 Å². The summed E-state index contributed by atoms with van der Waals surface area (Å²) in [6.07, 6.45) is 6.75. The lowest BCUT2D eigenvalue weighted by atomic mass is 9.74. The fourth-order valence-electron chi connectivity index (χ4n) is 2.93. The fourth-order valence-corrected chi connectivity index (χ4v) is 2.93. The molecule has 1 N–H and O–H groups in total. The number of benzene rings is 1. The molecule has 1 spiro atoms. The molecular weight excluding hydrogens is 198 g/mol.